The highest BCUT2D eigenvalue weighted by Crippen LogP contribution is 2.01. The van der Waals surface area contributed by atoms with Gasteiger partial charge in [-0.1, -0.05) is 0 Å². The molecule has 0 saturated heterocycles. The maximum absolute atomic E-state index is 11.4. The molecule has 1 aromatic rings. The molecule has 1 aromatic heterocycles. The first-order chi connectivity index (χ1) is 6.99. The Labute approximate surface area is 86.4 Å². The maximum atomic E-state index is 11.4. The average Bonchev–Trinajstić information content (AvgIpc) is 2.50. The third kappa shape index (κ3) is 3.39. The summed E-state index contributed by atoms with van der Waals surface area (Å²) in [4.78, 5) is 21.9. The van der Waals surface area contributed by atoms with Crippen LogP contribution in [0.4, 0.5) is 5.82 Å². The van der Waals surface area contributed by atoms with Crippen LogP contribution in [-0.4, -0.2) is 27.6 Å². The minimum Gasteiger partial charge on any atom is -0.370 e. The summed E-state index contributed by atoms with van der Waals surface area (Å²) in [6.45, 7) is 0. The van der Waals surface area contributed by atoms with Crippen molar-refractivity contribution in [3.05, 3.63) is 12.3 Å². The highest BCUT2D eigenvalue weighted by atomic mass is 16.2. The standard InChI is InChI=1S/C8H13N5O2/c1-13-3-2-7(12-13)11-8(15)5(9)4-6(10)14/h2-3,5H,4,9H2,1H3,(H2,10,14)(H,11,12,15). The molecule has 0 aromatic carbocycles. The van der Waals surface area contributed by atoms with Gasteiger partial charge in [0.25, 0.3) is 0 Å². The molecule has 2 amide bonds. The monoisotopic (exact) mass is 211 g/mol. The first kappa shape index (κ1) is 11.2. The van der Waals surface area contributed by atoms with Crippen molar-refractivity contribution in [3.63, 3.8) is 0 Å². The molecule has 1 atom stereocenters. The molecule has 82 valence electrons. The molecule has 0 aliphatic heterocycles. The van der Waals surface area contributed by atoms with Crippen molar-refractivity contribution in [3.8, 4) is 0 Å². The van der Waals surface area contributed by atoms with Crippen molar-refractivity contribution < 1.29 is 9.59 Å². The third-order valence-electron chi connectivity index (χ3n) is 1.72. The summed E-state index contributed by atoms with van der Waals surface area (Å²) in [6.07, 6.45) is 1.49. The second-order valence-electron chi connectivity index (χ2n) is 3.14. The molecule has 7 heteroatoms. The Balaban J connectivity index is 2.52. The molecule has 1 heterocycles. The van der Waals surface area contributed by atoms with Crippen molar-refractivity contribution in [2.45, 2.75) is 12.5 Å². The summed E-state index contributed by atoms with van der Waals surface area (Å²) in [7, 11) is 1.72. The summed E-state index contributed by atoms with van der Waals surface area (Å²) in [5, 5.41) is 6.39. The Hall–Kier alpha value is -1.89. The minimum atomic E-state index is -0.940. The van der Waals surface area contributed by atoms with E-state index in [9.17, 15) is 9.59 Å². The molecule has 15 heavy (non-hydrogen) atoms. The van der Waals surface area contributed by atoms with Gasteiger partial charge in [0.05, 0.1) is 12.5 Å². The Kier molecular flexibility index (Phi) is 3.40. The lowest BCUT2D eigenvalue weighted by molar-refractivity contribution is -0.123. The van der Waals surface area contributed by atoms with Gasteiger partial charge in [-0.2, -0.15) is 5.10 Å². The van der Waals surface area contributed by atoms with Gasteiger partial charge in [0.15, 0.2) is 5.82 Å². The predicted octanol–water partition coefficient (Wildman–Crippen LogP) is -1.44. The number of rotatable bonds is 4. The molecule has 0 bridgehead atoms. The van der Waals surface area contributed by atoms with Crippen LogP contribution in [0, 0.1) is 0 Å². The van der Waals surface area contributed by atoms with Crippen LogP contribution in [0.3, 0.4) is 0 Å². The first-order valence-electron chi connectivity index (χ1n) is 4.33. The fourth-order valence-corrected chi connectivity index (χ4v) is 1.01. The Bertz CT molecular complexity index is 373. The van der Waals surface area contributed by atoms with Gasteiger partial charge in [-0.05, 0) is 0 Å². The second kappa shape index (κ2) is 4.56. The van der Waals surface area contributed by atoms with E-state index < -0.39 is 17.9 Å². The lowest BCUT2D eigenvalue weighted by Crippen LogP contribution is -2.39. The number of primary amides is 1. The molecule has 0 saturated carbocycles. The van der Waals surface area contributed by atoms with Crippen LogP contribution in [0.2, 0.25) is 0 Å². The van der Waals surface area contributed by atoms with Crippen LogP contribution in [0.15, 0.2) is 12.3 Å². The van der Waals surface area contributed by atoms with Gasteiger partial charge >= 0.3 is 0 Å². The zero-order valence-electron chi connectivity index (χ0n) is 8.30. The van der Waals surface area contributed by atoms with E-state index in [0.717, 1.165) is 0 Å². The molecule has 0 aliphatic rings. The highest BCUT2D eigenvalue weighted by molar-refractivity contribution is 5.96. The van der Waals surface area contributed by atoms with Crippen LogP contribution in [0.1, 0.15) is 6.42 Å². The van der Waals surface area contributed by atoms with Crippen LogP contribution in [-0.2, 0) is 16.6 Å². The fourth-order valence-electron chi connectivity index (χ4n) is 1.01. The van der Waals surface area contributed by atoms with Crippen LogP contribution in [0.5, 0.6) is 0 Å². The van der Waals surface area contributed by atoms with E-state index in [1.807, 2.05) is 0 Å². The smallest absolute Gasteiger partial charge is 0.243 e. The van der Waals surface area contributed by atoms with Crippen molar-refractivity contribution in [2.75, 3.05) is 5.32 Å². The zero-order chi connectivity index (χ0) is 11.4. The van der Waals surface area contributed by atoms with Gasteiger partial charge in [0.2, 0.25) is 11.8 Å². The van der Waals surface area contributed by atoms with E-state index in [0.29, 0.717) is 5.82 Å². The van der Waals surface area contributed by atoms with Gasteiger partial charge in [-0.15, -0.1) is 0 Å². The number of carbonyl (C=O) groups excluding carboxylic acids is 2. The van der Waals surface area contributed by atoms with Gasteiger partial charge < -0.3 is 16.8 Å². The minimum absolute atomic E-state index is 0.182. The largest absolute Gasteiger partial charge is 0.370 e. The highest BCUT2D eigenvalue weighted by Gasteiger charge is 2.16. The number of nitrogens with zero attached hydrogens (tertiary/aromatic N) is 2. The number of nitrogens with one attached hydrogen (secondary N) is 1. The van der Waals surface area contributed by atoms with Crippen LogP contribution < -0.4 is 16.8 Å². The molecule has 0 spiro atoms. The maximum Gasteiger partial charge on any atom is 0.243 e. The number of nitrogens with two attached hydrogens (primary N) is 2. The van der Waals surface area contributed by atoms with Crippen molar-refractivity contribution in [1.29, 1.82) is 0 Å². The van der Waals surface area contributed by atoms with E-state index in [4.69, 9.17) is 11.5 Å². The molecule has 1 unspecified atom stereocenters. The molecule has 1 rings (SSSR count). The molecule has 5 N–H and O–H groups in total. The van der Waals surface area contributed by atoms with Crippen molar-refractivity contribution in [1.82, 2.24) is 9.78 Å². The average molecular weight is 211 g/mol. The number of anilines is 1. The predicted molar refractivity (Wildman–Crippen MR) is 53.6 cm³/mol. The van der Waals surface area contributed by atoms with Gasteiger partial charge in [-0.3, -0.25) is 14.3 Å². The summed E-state index contributed by atoms with van der Waals surface area (Å²) >= 11 is 0. The Morgan fingerprint density at radius 3 is 2.80 bits per heavy atom. The summed E-state index contributed by atoms with van der Waals surface area (Å²) in [6, 6.07) is 0.680. The number of carbonyl (C=O) groups is 2. The fraction of sp³-hybridized carbons (Fsp3) is 0.375. The molecular weight excluding hydrogens is 198 g/mol. The quantitative estimate of drug-likeness (QED) is 0.565. The lowest BCUT2D eigenvalue weighted by Gasteiger charge is -2.08. The zero-order valence-corrected chi connectivity index (χ0v) is 8.30. The summed E-state index contributed by atoms with van der Waals surface area (Å²) in [5.74, 6) is -0.700. The van der Waals surface area contributed by atoms with E-state index in [2.05, 4.69) is 10.4 Å². The summed E-state index contributed by atoms with van der Waals surface area (Å²) < 4.78 is 1.54. The van der Waals surface area contributed by atoms with Crippen molar-refractivity contribution >= 4 is 17.6 Å². The normalized spacial score (nSPS) is 12.1. The van der Waals surface area contributed by atoms with E-state index in [1.54, 1.807) is 19.3 Å². The second-order valence-corrected chi connectivity index (χ2v) is 3.14. The SMILES string of the molecule is Cn1ccc(NC(=O)C(N)CC(N)=O)n1. The molecule has 0 fully saturated rings. The molecular formula is C8H13N5O2. The molecule has 0 radical (unpaired) electrons. The van der Waals surface area contributed by atoms with Crippen LogP contribution in [0.25, 0.3) is 0 Å². The van der Waals surface area contributed by atoms with Gasteiger partial charge in [0, 0.05) is 19.3 Å². The Morgan fingerprint density at radius 1 is 1.67 bits per heavy atom. The third-order valence-corrected chi connectivity index (χ3v) is 1.72. The number of aryl methyl sites for hydroxylation is 1. The number of hydrogen-bond acceptors (Lipinski definition) is 4. The Morgan fingerprint density at radius 2 is 2.33 bits per heavy atom. The first-order valence-corrected chi connectivity index (χ1v) is 4.33. The van der Waals surface area contributed by atoms with E-state index >= 15 is 0 Å². The van der Waals surface area contributed by atoms with Crippen molar-refractivity contribution in [2.24, 2.45) is 18.5 Å². The topological polar surface area (TPSA) is 116 Å². The van der Waals surface area contributed by atoms with E-state index in [-0.39, 0.29) is 6.42 Å². The van der Waals surface area contributed by atoms with Gasteiger partial charge in [0.1, 0.15) is 0 Å². The molecule has 7 nitrogen and oxygen atoms in total. The number of amides is 2. The van der Waals surface area contributed by atoms with Crippen LogP contribution >= 0.6 is 0 Å². The van der Waals surface area contributed by atoms with E-state index in [1.165, 1.54) is 4.68 Å². The number of hydrogen-bond donors (Lipinski definition) is 3. The lowest BCUT2D eigenvalue weighted by atomic mass is 10.2. The number of aromatic nitrogens is 2. The molecule has 0 aliphatic carbocycles. The van der Waals surface area contributed by atoms with Gasteiger partial charge in [-0.25, -0.2) is 0 Å². The summed E-state index contributed by atoms with van der Waals surface area (Å²) in [5.41, 5.74) is 10.3.